The topological polar surface area (TPSA) is 363 Å². The second kappa shape index (κ2) is 24.4. The molecule has 24 heteroatoms. The summed E-state index contributed by atoms with van der Waals surface area (Å²) >= 11 is 0. The van der Waals surface area contributed by atoms with Crippen LogP contribution < -0.4 is 0 Å². The minimum Gasteiger partial charge on any atom is -0.479 e. The maximum Gasteiger partial charge on any atom is 0.335 e. The maximum absolute atomic E-state index is 13.4. The molecule has 0 aromatic rings. The van der Waals surface area contributed by atoms with E-state index in [1.165, 1.54) is 19.9 Å². The van der Waals surface area contributed by atoms with E-state index >= 15 is 0 Å². The van der Waals surface area contributed by atoms with Crippen LogP contribution in [0.4, 0.5) is 0 Å². The predicted molar refractivity (Wildman–Crippen MR) is 291 cm³/mol. The Hall–Kier alpha value is -3.54. The second-order valence-electron chi connectivity index (χ2n) is 27.1. The van der Waals surface area contributed by atoms with Crippen LogP contribution in [0.15, 0.2) is 34.9 Å². The molecule has 4 saturated carbocycles. The zero-order valence-corrected chi connectivity index (χ0v) is 50.5. The molecule has 0 amide bonds. The quantitative estimate of drug-likeness (QED) is 0.0214. The van der Waals surface area contributed by atoms with Crippen LogP contribution in [0.3, 0.4) is 0 Å². The normalized spacial score (nSPS) is 47.3. The SMILES string of the molecule is C/C=C(/C)C(=O)OC1C(O)[C@H](O[C@H]2[C@H](OC(C)=O)[C@@]3(CO)C(CC2(C)C)C2=CCC4[C@@]5(C)CC[C@H](O[C@@H]6OC(C(=O)O)[C@@H](O)C(OO)C6O[C@@H]6OC(CO)[C@H](O)C(O)C6O)C(C)(C)C5CC[C@@]4(C)[C@]2(C)C[C@H]3O)OC(C)[C@@H]1OC(=O)/C(C)=C\C. The Morgan fingerprint density at radius 1 is 0.667 bits per heavy atom. The molecule has 84 heavy (non-hydrogen) atoms. The third-order valence-corrected chi connectivity index (χ3v) is 21.9. The number of ether oxygens (including phenoxy) is 9. The average Bonchev–Trinajstić information content (AvgIpc) is 0.682. The van der Waals surface area contributed by atoms with Gasteiger partial charge in [-0.2, -0.15) is 0 Å². The molecule has 5 aliphatic carbocycles. The highest BCUT2D eigenvalue weighted by atomic mass is 17.1. The largest absolute Gasteiger partial charge is 0.479 e. The van der Waals surface area contributed by atoms with Crippen molar-refractivity contribution < 1.29 is 118 Å². The van der Waals surface area contributed by atoms with Crippen LogP contribution in [0.25, 0.3) is 0 Å². The zero-order valence-electron chi connectivity index (χ0n) is 50.5. The lowest BCUT2D eigenvalue weighted by molar-refractivity contribution is -0.411. The van der Waals surface area contributed by atoms with E-state index in [4.69, 9.17) is 42.6 Å². The number of carboxylic acid groups (broad SMARTS) is 1. The molecule has 0 bridgehead atoms. The highest BCUT2D eigenvalue weighted by Gasteiger charge is 2.74. The van der Waals surface area contributed by atoms with Crippen LogP contribution in [0.1, 0.15) is 135 Å². The molecule has 3 aliphatic heterocycles. The zero-order chi connectivity index (χ0) is 62.3. The van der Waals surface area contributed by atoms with Gasteiger partial charge in [0.05, 0.1) is 36.9 Å². The van der Waals surface area contributed by atoms with E-state index in [1.807, 2.05) is 13.8 Å². The summed E-state index contributed by atoms with van der Waals surface area (Å²) in [5, 5.41) is 110. The van der Waals surface area contributed by atoms with Gasteiger partial charge in [-0.05, 0) is 124 Å². The van der Waals surface area contributed by atoms with Crippen LogP contribution in [0.5, 0.6) is 0 Å². The monoisotopic (exact) mass is 1200 g/mol. The standard InChI is InChI=1S/C60H92O24/c1-14-26(3)50(72)79-42-28(5)75-53(41(69)43(42)80-51(73)27(4)15-2)83-47-48(76-29(6)63)60(25-62)31(22-55(47,7)8)30-16-17-34-57(11)20-19-36(56(9,10)33(57)18-21-58(34,12)59(30,13)23-35(60)64)78-54-46(44(84-74)40(68)45(81-54)49(70)71)82-52-39(67)38(66)37(65)32(24-61)77-52/h14-16,28,31-48,52-54,61-62,64-69,74H,17-25H2,1-13H3,(H,70,71)/b26-14-,27-15-/t28?,31?,32?,33?,34?,35-,36+,37+,38?,39?,40+,41?,42+,43?,44?,45?,46?,47+,48+,52+,53+,54-,57+,58-,59-,60+/m1/s1. The number of carbonyl (C=O) groups is 4. The summed E-state index contributed by atoms with van der Waals surface area (Å²) in [7, 11) is 0. The number of esters is 3. The molecule has 0 aromatic carbocycles. The van der Waals surface area contributed by atoms with Gasteiger partial charge in [-0.25, -0.2) is 19.3 Å². The van der Waals surface area contributed by atoms with Gasteiger partial charge >= 0.3 is 23.9 Å². The second-order valence-corrected chi connectivity index (χ2v) is 27.1. The van der Waals surface area contributed by atoms with Crippen molar-refractivity contribution in [2.75, 3.05) is 13.2 Å². The molecule has 3 saturated heterocycles. The summed E-state index contributed by atoms with van der Waals surface area (Å²) in [6, 6.07) is 0. The van der Waals surface area contributed by atoms with Gasteiger partial charge in [0.1, 0.15) is 54.9 Å². The van der Waals surface area contributed by atoms with Gasteiger partial charge in [0.15, 0.2) is 43.3 Å². The minimum atomic E-state index is -2.04. The van der Waals surface area contributed by atoms with E-state index in [0.717, 1.165) is 5.57 Å². The third-order valence-electron chi connectivity index (χ3n) is 21.9. The van der Waals surface area contributed by atoms with E-state index in [2.05, 4.69) is 45.6 Å². The van der Waals surface area contributed by atoms with E-state index in [9.17, 15) is 70.4 Å². The van der Waals surface area contributed by atoms with Gasteiger partial charge in [-0.3, -0.25) is 10.1 Å². The molecule has 26 atom stereocenters. The first-order chi connectivity index (χ1) is 39.2. The summed E-state index contributed by atoms with van der Waals surface area (Å²) in [6.07, 6.45) is -20.8. The van der Waals surface area contributed by atoms with Gasteiger partial charge in [-0.1, -0.05) is 72.3 Å². The first-order valence-electron chi connectivity index (χ1n) is 29.5. The molecule has 0 spiro atoms. The number of aliphatic hydroxyl groups is 8. The van der Waals surface area contributed by atoms with Gasteiger partial charge < -0.3 is 88.6 Å². The number of rotatable bonds is 15. The summed E-state index contributed by atoms with van der Waals surface area (Å²) in [5.41, 5.74) is -3.21. The van der Waals surface area contributed by atoms with Crippen molar-refractivity contribution in [3.05, 3.63) is 34.9 Å². The fraction of sp³-hybridized carbons (Fsp3) is 0.833. The number of carboxylic acids is 1. The number of aliphatic hydroxyl groups excluding tert-OH is 8. The van der Waals surface area contributed by atoms with E-state index in [-0.39, 0.29) is 29.4 Å². The van der Waals surface area contributed by atoms with Gasteiger partial charge in [0.25, 0.3) is 0 Å². The lowest BCUT2D eigenvalue weighted by atomic mass is 9.33. The smallest absolute Gasteiger partial charge is 0.335 e. The molecule has 476 valence electrons. The molecule has 24 nitrogen and oxygen atoms in total. The van der Waals surface area contributed by atoms with Crippen LogP contribution in [0, 0.1) is 50.2 Å². The van der Waals surface area contributed by atoms with Gasteiger partial charge in [0, 0.05) is 18.1 Å². The maximum atomic E-state index is 13.4. The van der Waals surface area contributed by atoms with Crippen molar-refractivity contribution in [1.82, 2.24) is 0 Å². The number of hydrogen-bond donors (Lipinski definition) is 10. The Bertz CT molecular complexity index is 2530. The van der Waals surface area contributed by atoms with Crippen molar-refractivity contribution >= 4 is 23.9 Å². The molecular formula is C60H92O24. The van der Waals surface area contributed by atoms with Crippen molar-refractivity contribution in [2.45, 2.75) is 251 Å². The Kier molecular flexibility index (Phi) is 19.3. The summed E-state index contributed by atoms with van der Waals surface area (Å²) in [6.45, 7) is 22.5. The number of fused-ring (bicyclic) bond motifs is 7. The Morgan fingerprint density at radius 2 is 1.29 bits per heavy atom. The third kappa shape index (κ3) is 10.9. The van der Waals surface area contributed by atoms with Crippen LogP contribution >= 0.6 is 0 Å². The summed E-state index contributed by atoms with van der Waals surface area (Å²) in [5.74, 6) is -4.41. The molecule has 7 fully saturated rings. The highest BCUT2D eigenvalue weighted by Crippen LogP contribution is 2.76. The van der Waals surface area contributed by atoms with Gasteiger partial charge in [-0.15, -0.1) is 0 Å². The minimum absolute atomic E-state index is 0.00555. The molecule has 0 radical (unpaired) electrons. The first kappa shape index (κ1) is 66.4. The van der Waals surface area contributed by atoms with E-state index < -0.39 is 192 Å². The molecule has 0 aromatic heterocycles. The fourth-order valence-corrected chi connectivity index (χ4v) is 16.8. The highest BCUT2D eigenvalue weighted by molar-refractivity contribution is 5.88. The molecule has 8 aliphatic rings. The van der Waals surface area contributed by atoms with Crippen molar-refractivity contribution in [2.24, 2.45) is 50.2 Å². The Balaban J connectivity index is 1.09. The van der Waals surface area contributed by atoms with Crippen molar-refractivity contribution in [3.8, 4) is 0 Å². The summed E-state index contributed by atoms with van der Waals surface area (Å²) in [4.78, 5) is 57.0. The summed E-state index contributed by atoms with van der Waals surface area (Å²) < 4.78 is 55.4. The van der Waals surface area contributed by atoms with Crippen LogP contribution in [-0.2, 0) is 66.7 Å². The number of allylic oxidation sites excluding steroid dienone is 4. The lowest BCUT2D eigenvalue weighted by Gasteiger charge is -2.72. The van der Waals surface area contributed by atoms with Crippen molar-refractivity contribution in [3.63, 3.8) is 0 Å². The molecule has 10 N–H and O–H groups in total. The number of hydrogen-bond acceptors (Lipinski definition) is 23. The van der Waals surface area contributed by atoms with Gasteiger partial charge in [0.2, 0.25) is 0 Å². The van der Waals surface area contributed by atoms with E-state index in [0.29, 0.717) is 38.5 Å². The van der Waals surface area contributed by atoms with Crippen LogP contribution in [0.2, 0.25) is 0 Å². The fourth-order valence-electron chi connectivity index (χ4n) is 16.8. The predicted octanol–water partition coefficient (Wildman–Crippen LogP) is 2.75. The number of carbonyl (C=O) groups excluding carboxylic acids is 3. The first-order valence-corrected chi connectivity index (χ1v) is 29.5. The molecule has 3 heterocycles. The van der Waals surface area contributed by atoms with Crippen LogP contribution in [-0.4, -0.2) is 205 Å². The molecular weight excluding hydrogens is 1100 g/mol. The molecule has 12 unspecified atom stereocenters. The molecule has 8 rings (SSSR count). The lowest BCUT2D eigenvalue weighted by Crippen LogP contribution is -2.73. The average molecular weight is 1200 g/mol. The Labute approximate surface area is 490 Å². The Morgan fingerprint density at radius 3 is 1.86 bits per heavy atom. The van der Waals surface area contributed by atoms with Crippen molar-refractivity contribution in [1.29, 1.82) is 0 Å². The number of aliphatic carboxylic acids is 1. The van der Waals surface area contributed by atoms with E-state index in [1.54, 1.807) is 33.8 Å².